The van der Waals surface area contributed by atoms with Crippen molar-refractivity contribution in [3.05, 3.63) is 17.3 Å². The van der Waals surface area contributed by atoms with E-state index in [2.05, 4.69) is 33.2 Å². The van der Waals surface area contributed by atoms with Gasteiger partial charge in [-0.3, -0.25) is 0 Å². The molecule has 0 amide bonds. The van der Waals surface area contributed by atoms with Gasteiger partial charge in [0.1, 0.15) is 17.0 Å². The monoisotopic (exact) mass is 350 g/mol. The number of nitrogens with one attached hydrogen (secondary N) is 1. The van der Waals surface area contributed by atoms with E-state index >= 15 is 0 Å². The second-order valence-electron chi connectivity index (χ2n) is 6.34. The van der Waals surface area contributed by atoms with Crippen LogP contribution in [0.2, 0.25) is 0 Å². The number of aromatic nitrogens is 2. The van der Waals surface area contributed by atoms with E-state index in [1.54, 1.807) is 24.8 Å². The van der Waals surface area contributed by atoms with Crippen LogP contribution in [0.15, 0.2) is 12.4 Å². The smallest absolute Gasteiger partial charge is 0.138 e. The first-order chi connectivity index (χ1) is 11.7. The summed E-state index contributed by atoms with van der Waals surface area (Å²) in [4.78, 5) is 13.5. The molecule has 0 aromatic carbocycles. The number of thiophene rings is 1. The molecule has 3 heterocycles. The number of β-amino-alcohol motifs (C(OH)–C–C–N with tert-alkyl or cyclic N) is 1. The highest BCUT2D eigenvalue weighted by Gasteiger charge is 2.22. The molecule has 24 heavy (non-hydrogen) atoms. The van der Waals surface area contributed by atoms with Crippen molar-refractivity contribution in [2.45, 2.75) is 38.3 Å². The fraction of sp³-hybridized carbons (Fsp3) is 0.647. The van der Waals surface area contributed by atoms with Crippen molar-refractivity contribution in [2.75, 3.05) is 38.7 Å². The Balaban J connectivity index is 1.57. The van der Waals surface area contributed by atoms with E-state index in [1.165, 1.54) is 4.88 Å². The van der Waals surface area contributed by atoms with E-state index < -0.39 is 6.10 Å². The Morgan fingerprint density at radius 3 is 2.92 bits per heavy atom. The number of hydrogen-bond acceptors (Lipinski definition) is 7. The number of piperidine rings is 1. The number of ether oxygens (including phenoxy) is 1. The van der Waals surface area contributed by atoms with Crippen molar-refractivity contribution in [1.29, 1.82) is 0 Å². The SMILES string of the molecule is CCc1cc2c(NC3CCN(CC(O)COC)CC3)ncnc2s1. The molecule has 0 saturated carbocycles. The molecule has 0 bridgehead atoms. The largest absolute Gasteiger partial charge is 0.389 e. The van der Waals surface area contributed by atoms with Crippen molar-refractivity contribution in [2.24, 2.45) is 0 Å². The number of rotatable bonds is 7. The minimum absolute atomic E-state index is 0.398. The van der Waals surface area contributed by atoms with Gasteiger partial charge in [-0.25, -0.2) is 9.97 Å². The summed E-state index contributed by atoms with van der Waals surface area (Å²) in [5.74, 6) is 0.953. The molecule has 1 saturated heterocycles. The van der Waals surface area contributed by atoms with E-state index in [1.807, 2.05) is 0 Å². The fourth-order valence-electron chi connectivity index (χ4n) is 3.19. The highest BCUT2D eigenvalue weighted by molar-refractivity contribution is 7.18. The van der Waals surface area contributed by atoms with Crippen molar-refractivity contribution < 1.29 is 9.84 Å². The maximum atomic E-state index is 9.85. The van der Waals surface area contributed by atoms with Crippen LogP contribution in [-0.4, -0.2) is 65.5 Å². The molecule has 2 aromatic heterocycles. The van der Waals surface area contributed by atoms with Crippen LogP contribution in [0, 0.1) is 0 Å². The third-order valence-electron chi connectivity index (χ3n) is 4.49. The van der Waals surface area contributed by atoms with Crippen LogP contribution in [0.5, 0.6) is 0 Å². The lowest BCUT2D eigenvalue weighted by Crippen LogP contribution is -2.43. The van der Waals surface area contributed by atoms with Gasteiger partial charge in [0, 0.05) is 37.7 Å². The zero-order valence-corrected chi connectivity index (χ0v) is 15.2. The molecule has 0 spiro atoms. The Bertz CT molecular complexity index is 655. The highest BCUT2D eigenvalue weighted by Crippen LogP contribution is 2.29. The number of aryl methyl sites for hydroxylation is 1. The first kappa shape index (κ1) is 17.5. The van der Waals surface area contributed by atoms with Gasteiger partial charge in [-0.15, -0.1) is 11.3 Å². The van der Waals surface area contributed by atoms with Gasteiger partial charge in [-0.05, 0) is 25.3 Å². The lowest BCUT2D eigenvalue weighted by atomic mass is 10.0. The van der Waals surface area contributed by atoms with Gasteiger partial charge in [-0.1, -0.05) is 6.92 Å². The van der Waals surface area contributed by atoms with Gasteiger partial charge >= 0.3 is 0 Å². The molecule has 1 aliphatic rings. The number of aliphatic hydroxyl groups excluding tert-OH is 1. The number of aliphatic hydroxyl groups is 1. The standard InChI is InChI=1S/C17H26N4O2S/c1-3-14-8-15-16(18-11-19-17(15)24-14)20-12-4-6-21(7-5-12)9-13(22)10-23-2/h8,11-13,22H,3-7,9-10H2,1-2H3,(H,18,19,20). The summed E-state index contributed by atoms with van der Waals surface area (Å²) in [6.07, 6.45) is 4.38. The molecular formula is C17H26N4O2S. The maximum Gasteiger partial charge on any atom is 0.138 e. The molecule has 0 radical (unpaired) electrons. The van der Waals surface area contributed by atoms with Gasteiger partial charge in [0.2, 0.25) is 0 Å². The van der Waals surface area contributed by atoms with Crippen LogP contribution in [0.1, 0.15) is 24.6 Å². The molecule has 2 N–H and O–H groups in total. The normalized spacial score (nSPS) is 18.1. The van der Waals surface area contributed by atoms with Crippen LogP contribution in [0.25, 0.3) is 10.2 Å². The average molecular weight is 350 g/mol. The molecule has 132 valence electrons. The molecule has 2 aromatic rings. The van der Waals surface area contributed by atoms with Gasteiger partial charge in [0.25, 0.3) is 0 Å². The summed E-state index contributed by atoms with van der Waals surface area (Å²) in [5, 5.41) is 14.6. The minimum Gasteiger partial charge on any atom is -0.389 e. The van der Waals surface area contributed by atoms with Crippen LogP contribution >= 0.6 is 11.3 Å². The van der Waals surface area contributed by atoms with Crippen molar-refractivity contribution in [3.63, 3.8) is 0 Å². The van der Waals surface area contributed by atoms with Crippen molar-refractivity contribution in [1.82, 2.24) is 14.9 Å². The maximum absolute atomic E-state index is 9.85. The quantitative estimate of drug-likeness (QED) is 0.797. The van der Waals surface area contributed by atoms with Crippen molar-refractivity contribution in [3.8, 4) is 0 Å². The molecule has 1 aliphatic heterocycles. The average Bonchev–Trinajstić information content (AvgIpc) is 3.01. The van der Waals surface area contributed by atoms with E-state index in [9.17, 15) is 5.11 Å². The number of fused-ring (bicyclic) bond motifs is 1. The van der Waals surface area contributed by atoms with Crippen molar-refractivity contribution >= 4 is 27.4 Å². The zero-order chi connectivity index (χ0) is 16.9. The zero-order valence-electron chi connectivity index (χ0n) is 14.4. The second-order valence-corrected chi connectivity index (χ2v) is 7.45. The van der Waals surface area contributed by atoms with Crippen LogP contribution in [0.3, 0.4) is 0 Å². The molecule has 1 atom stereocenters. The van der Waals surface area contributed by atoms with E-state index in [-0.39, 0.29) is 0 Å². The molecule has 7 heteroatoms. The molecule has 1 fully saturated rings. The summed E-state index contributed by atoms with van der Waals surface area (Å²) >= 11 is 1.75. The first-order valence-corrected chi connectivity index (χ1v) is 9.40. The second kappa shape index (κ2) is 8.20. The first-order valence-electron chi connectivity index (χ1n) is 8.59. The number of likely N-dealkylation sites (tertiary alicyclic amines) is 1. The molecule has 6 nitrogen and oxygen atoms in total. The van der Waals surface area contributed by atoms with E-state index in [0.29, 0.717) is 19.2 Å². The van der Waals surface area contributed by atoms with Crippen LogP contribution in [0.4, 0.5) is 5.82 Å². The predicted octanol–water partition coefficient (Wildman–Crippen LogP) is 2.14. The molecule has 1 unspecified atom stereocenters. The molecule has 3 rings (SSSR count). The Morgan fingerprint density at radius 2 is 2.21 bits per heavy atom. The highest BCUT2D eigenvalue weighted by atomic mass is 32.1. The Hall–Kier alpha value is -1.28. The number of methoxy groups -OCH3 is 1. The summed E-state index contributed by atoms with van der Waals surface area (Å²) < 4.78 is 5.00. The summed E-state index contributed by atoms with van der Waals surface area (Å²) in [7, 11) is 1.62. The van der Waals surface area contributed by atoms with Gasteiger partial charge < -0.3 is 20.1 Å². The molecular weight excluding hydrogens is 324 g/mol. The molecule has 0 aliphatic carbocycles. The van der Waals surface area contributed by atoms with Gasteiger partial charge in [-0.2, -0.15) is 0 Å². The number of nitrogens with zero attached hydrogens (tertiary/aromatic N) is 3. The van der Waals surface area contributed by atoms with Gasteiger partial charge in [0.05, 0.1) is 18.1 Å². The number of anilines is 1. The predicted molar refractivity (Wildman–Crippen MR) is 97.8 cm³/mol. The Labute approximate surface area is 146 Å². The van der Waals surface area contributed by atoms with E-state index in [4.69, 9.17) is 4.74 Å². The third-order valence-corrected chi connectivity index (χ3v) is 5.67. The minimum atomic E-state index is -0.403. The summed E-state index contributed by atoms with van der Waals surface area (Å²) in [5.41, 5.74) is 0. The fourth-order valence-corrected chi connectivity index (χ4v) is 4.13. The van der Waals surface area contributed by atoms with Crippen LogP contribution in [-0.2, 0) is 11.2 Å². The third kappa shape index (κ3) is 4.22. The summed E-state index contributed by atoms with van der Waals surface area (Å²) in [6.45, 7) is 5.21. The Morgan fingerprint density at radius 1 is 1.42 bits per heavy atom. The Kier molecular flexibility index (Phi) is 5.99. The number of hydrogen-bond donors (Lipinski definition) is 2. The van der Waals surface area contributed by atoms with Gasteiger partial charge in [0.15, 0.2) is 0 Å². The lowest BCUT2D eigenvalue weighted by molar-refractivity contribution is 0.0327. The lowest BCUT2D eigenvalue weighted by Gasteiger charge is -2.33. The van der Waals surface area contributed by atoms with E-state index in [0.717, 1.165) is 48.4 Å². The topological polar surface area (TPSA) is 70.5 Å². The summed E-state index contributed by atoms with van der Waals surface area (Å²) in [6, 6.07) is 2.63. The van der Waals surface area contributed by atoms with Crippen LogP contribution < -0.4 is 5.32 Å².